The SMILES string of the molecule is Brc1cncc(-c2nsc(NC3CC3)n2)c1. The van der Waals surface area contributed by atoms with E-state index in [1.54, 1.807) is 12.4 Å². The Morgan fingerprint density at radius 2 is 2.25 bits per heavy atom. The number of nitrogens with one attached hydrogen (secondary N) is 1. The Labute approximate surface area is 105 Å². The molecule has 0 spiro atoms. The minimum absolute atomic E-state index is 0.612. The van der Waals surface area contributed by atoms with Crippen molar-refractivity contribution in [2.24, 2.45) is 0 Å². The fourth-order valence-electron chi connectivity index (χ4n) is 1.34. The van der Waals surface area contributed by atoms with Gasteiger partial charge in [-0.05, 0) is 34.8 Å². The van der Waals surface area contributed by atoms with Gasteiger partial charge in [-0.2, -0.15) is 9.36 Å². The quantitative estimate of drug-likeness (QED) is 0.946. The molecule has 2 heterocycles. The van der Waals surface area contributed by atoms with Crippen molar-refractivity contribution in [3.63, 3.8) is 0 Å². The molecule has 1 fully saturated rings. The largest absolute Gasteiger partial charge is 0.358 e. The third-order valence-electron chi connectivity index (χ3n) is 2.29. The van der Waals surface area contributed by atoms with Crippen molar-refractivity contribution < 1.29 is 0 Å². The molecule has 3 rings (SSSR count). The van der Waals surface area contributed by atoms with Crippen LogP contribution in [-0.2, 0) is 0 Å². The van der Waals surface area contributed by atoms with Crippen molar-refractivity contribution in [3.05, 3.63) is 22.9 Å². The van der Waals surface area contributed by atoms with Crippen LogP contribution in [-0.4, -0.2) is 20.4 Å². The van der Waals surface area contributed by atoms with E-state index in [2.05, 4.69) is 35.6 Å². The van der Waals surface area contributed by atoms with E-state index in [1.807, 2.05) is 6.07 Å². The average molecular weight is 297 g/mol. The van der Waals surface area contributed by atoms with E-state index in [1.165, 1.54) is 24.4 Å². The summed E-state index contributed by atoms with van der Waals surface area (Å²) in [6.45, 7) is 0. The number of rotatable bonds is 3. The lowest BCUT2D eigenvalue weighted by Crippen LogP contribution is -1.99. The molecule has 6 heteroatoms. The Morgan fingerprint density at radius 3 is 3.00 bits per heavy atom. The van der Waals surface area contributed by atoms with Crippen molar-refractivity contribution in [2.45, 2.75) is 18.9 Å². The minimum Gasteiger partial charge on any atom is -0.358 e. The monoisotopic (exact) mass is 296 g/mol. The molecular formula is C10H9BrN4S. The Bertz CT molecular complexity index is 509. The molecule has 1 saturated carbocycles. The fourth-order valence-corrected chi connectivity index (χ4v) is 2.37. The van der Waals surface area contributed by atoms with Gasteiger partial charge < -0.3 is 5.32 Å². The predicted molar refractivity (Wildman–Crippen MR) is 67.5 cm³/mol. The molecule has 0 amide bonds. The average Bonchev–Trinajstić information content (AvgIpc) is 2.94. The molecule has 0 aromatic carbocycles. The Hall–Kier alpha value is -1.01. The number of anilines is 1. The molecule has 1 N–H and O–H groups in total. The highest BCUT2D eigenvalue weighted by molar-refractivity contribution is 9.10. The molecule has 0 bridgehead atoms. The van der Waals surface area contributed by atoms with Crippen LogP contribution in [0.2, 0.25) is 0 Å². The summed E-state index contributed by atoms with van der Waals surface area (Å²) in [5.41, 5.74) is 0.939. The van der Waals surface area contributed by atoms with Crippen molar-refractivity contribution >= 4 is 32.6 Å². The van der Waals surface area contributed by atoms with E-state index in [9.17, 15) is 0 Å². The Morgan fingerprint density at radius 1 is 1.38 bits per heavy atom. The van der Waals surface area contributed by atoms with Crippen LogP contribution in [0.1, 0.15) is 12.8 Å². The maximum Gasteiger partial charge on any atom is 0.203 e. The number of aromatic nitrogens is 3. The Kier molecular flexibility index (Phi) is 2.61. The summed E-state index contributed by atoms with van der Waals surface area (Å²) in [7, 11) is 0. The fraction of sp³-hybridized carbons (Fsp3) is 0.300. The minimum atomic E-state index is 0.612. The van der Waals surface area contributed by atoms with Gasteiger partial charge in [0.15, 0.2) is 5.82 Å². The zero-order chi connectivity index (χ0) is 11.0. The van der Waals surface area contributed by atoms with E-state index in [-0.39, 0.29) is 0 Å². The highest BCUT2D eigenvalue weighted by atomic mass is 79.9. The molecule has 2 aromatic heterocycles. The summed E-state index contributed by atoms with van der Waals surface area (Å²) in [6, 6.07) is 2.58. The third-order valence-corrected chi connectivity index (χ3v) is 3.37. The lowest BCUT2D eigenvalue weighted by molar-refractivity contribution is 1.14. The van der Waals surface area contributed by atoms with Crippen LogP contribution in [0, 0.1) is 0 Å². The molecule has 2 aromatic rings. The molecule has 1 aliphatic carbocycles. The van der Waals surface area contributed by atoms with E-state index in [0.29, 0.717) is 6.04 Å². The lowest BCUT2D eigenvalue weighted by atomic mass is 10.3. The van der Waals surface area contributed by atoms with Crippen molar-refractivity contribution in [3.8, 4) is 11.4 Å². The molecule has 4 nitrogen and oxygen atoms in total. The lowest BCUT2D eigenvalue weighted by Gasteiger charge is -1.96. The molecule has 0 atom stereocenters. The van der Waals surface area contributed by atoms with Gasteiger partial charge >= 0.3 is 0 Å². The summed E-state index contributed by atoms with van der Waals surface area (Å²) in [5.74, 6) is 0.738. The van der Waals surface area contributed by atoms with Crippen molar-refractivity contribution in [2.75, 3.05) is 5.32 Å². The van der Waals surface area contributed by atoms with Gasteiger partial charge in [0.25, 0.3) is 0 Å². The summed E-state index contributed by atoms with van der Waals surface area (Å²) in [5, 5.41) is 4.23. The third kappa shape index (κ3) is 2.22. The van der Waals surface area contributed by atoms with Crippen LogP contribution in [0.3, 0.4) is 0 Å². The zero-order valence-corrected chi connectivity index (χ0v) is 10.8. The van der Waals surface area contributed by atoms with Gasteiger partial charge in [-0.3, -0.25) is 4.98 Å². The molecule has 0 unspecified atom stereocenters. The van der Waals surface area contributed by atoms with Crippen LogP contribution in [0.5, 0.6) is 0 Å². The first-order valence-electron chi connectivity index (χ1n) is 5.02. The maximum absolute atomic E-state index is 4.44. The van der Waals surface area contributed by atoms with E-state index in [4.69, 9.17) is 0 Å². The first kappa shape index (κ1) is 10.2. The van der Waals surface area contributed by atoms with Gasteiger partial charge in [0.1, 0.15) is 0 Å². The summed E-state index contributed by atoms with van der Waals surface area (Å²) >= 11 is 4.79. The number of pyridine rings is 1. The number of hydrogen-bond acceptors (Lipinski definition) is 5. The smallest absolute Gasteiger partial charge is 0.203 e. The van der Waals surface area contributed by atoms with Crippen LogP contribution in [0.4, 0.5) is 5.13 Å². The summed E-state index contributed by atoms with van der Waals surface area (Å²) < 4.78 is 5.26. The van der Waals surface area contributed by atoms with Crippen molar-refractivity contribution in [1.29, 1.82) is 0 Å². The number of halogens is 1. The second-order valence-corrected chi connectivity index (χ2v) is 5.40. The molecule has 0 saturated heterocycles. The molecule has 1 aliphatic rings. The van der Waals surface area contributed by atoms with E-state index < -0.39 is 0 Å². The molecule has 0 aliphatic heterocycles. The van der Waals surface area contributed by atoms with E-state index >= 15 is 0 Å². The highest BCUT2D eigenvalue weighted by Crippen LogP contribution is 2.28. The van der Waals surface area contributed by atoms with Crippen LogP contribution in [0.25, 0.3) is 11.4 Å². The summed E-state index contributed by atoms with van der Waals surface area (Å²) in [6.07, 6.45) is 6.01. The topological polar surface area (TPSA) is 50.7 Å². The van der Waals surface area contributed by atoms with Gasteiger partial charge in [-0.1, -0.05) is 0 Å². The normalized spacial score (nSPS) is 15.1. The summed E-state index contributed by atoms with van der Waals surface area (Å²) in [4.78, 5) is 8.54. The standard InChI is InChI=1S/C10H9BrN4S/c11-7-3-6(4-12-5-7)9-14-10(16-15-9)13-8-1-2-8/h3-5,8H,1-2H2,(H,13,14,15). The van der Waals surface area contributed by atoms with Crippen LogP contribution < -0.4 is 5.32 Å². The molecular weight excluding hydrogens is 288 g/mol. The Balaban J connectivity index is 1.85. The molecule has 16 heavy (non-hydrogen) atoms. The van der Waals surface area contributed by atoms with Gasteiger partial charge in [-0.15, -0.1) is 0 Å². The second kappa shape index (κ2) is 4.10. The van der Waals surface area contributed by atoms with Gasteiger partial charge in [0.2, 0.25) is 5.13 Å². The van der Waals surface area contributed by atoms with Crippen LogP contribution in [0.15, 0.2) is 22.9 Å². The maximum atomic E-state index is 4.44. The first-order valence-corrected chi connectivity index (χ1v) is 6.59. The first-order chi connectivity index (χ1) is 7.81. The zero-order valence-electron chi connectivity index (χ0n) is 8.35. The van der Waals surface area contributed by atoms with Crippen molar-refractivity contribution in [1.82, 2.24) is 14.3 Å². The number of nitrogens with zero attached hydrogens (tertiary/aromatic N) is 3. The highest BCUT2D eigenvalue weighted by Gasteiger charge is 2.22. The molecule has 82 valence electrons. The van der Waals surface area contributed by atoms with Gasteiger partial charge in [0, 0.05) is 40.0 Å². The second-order valence-electron chi connectivity index (χ2n) is 3.73. The number of hydrogen-bond donors (Lipinski definition) is 1. The van der Waals surface area contributed by atoms with Gasteiger partial charge in [0.05, 0.1) is 0 Å². The predicted octanol–water partition coefficient (Wildman–Crippen LogP) is 2.94. The van der Waals surface area contributed by atoms with Gasteiger partial charge in [-0.25, -0.2) is 0 Å². The van der Waals surface area contributed by atoms with E-state index in [0.717, 1.165) is 21.0 Å². The molecule has 0 radical (unpaired) electrons. The van der Waals surface area contributed by atoms with Crippen LogP contribution >= 0.6 is 27.5 Å².